The maximum absolute atomic E-state index is 13.3. The fraction of sp³-hybridized carbons (Fsp3) is 0.483. The molecule has 2 bridgehead atoms. The van der Waals surface area contributed by atoms with E-state index in [9.17, 15) is 4.79 Å². The van der Waals surface area contributed by atoms with E-state index in [-0.39, 0.29) is 6.03 Å². The Morgan fingerprint density at radius 2 is 1.67 bits per heavy atom. The maximum Gasteiger partial charge on any atom is 0.326 e. The number of anilines is 2. The number of nitrogens with zero attached hydrogens (tertiary/aromatic N) is 5. The van der Waals surface area contributed by atoms with Crippen molar-refractivity contribution in [2.24, 2.45) is 0 Å². The largest absolute Gasteiger partial charge is 0.326 e. The number of fused-ring (bicyclic) bond motifs is 2. The average Bonchev–Trinajstić information content (AvgIpc) is 3.38. The van der Waals surface area contributed by atoms with Crippen molar-refractivity contribution in [3.05, 3.63) is 71.8 Å². The van der Waals surface area contributed by atoms with E-state index in [1.807, 2.05) is 66.4 Å². The molecule has 3 aromatic rings. The van der Waals surface area contributed by atoms with Crippen LogP contribution in [0.25, 0.3) is 0 Å². The first kappa shape index (κ1) is 24.5. The van der Waals surface area contributed by atoms with Gasteiger partial charge in [0.25, 0.3) is 0 Å². The van der Waals surface area contributed by atoms with Crippen LogP contribution < -0.4 is 10.2 Å². The van der Waals surface area contributed by atoms with Crippen molar-refractivity contribution in [1.29, 1.82) is 0 Å². The summed E-state index contributed by atoms with van der Waals surface area (Å²) in [6, 6.07) is 19.6. The molecule has 0 radical (unpaired) electrons. The zero-order valence-electron chi connectivity index (χ0n) is 21.7. The summed E-state index contributed by atoms with van der Waals surface area (Å²) >= 11 is 0. The monoisotopic (exact) mass is 486 g/mol. The Morgan fingerprint density at radius 1 is 0.972 bits per heavy atom. The van der Waals surface area contributed by atoms with Gasteiger partial charge in [-0.05, 0) is 70.2 Å². The molecule has 1 N–H and O–H groups in total. The fourth-order valence-electron chi connectivity index (χ4n) is 6.15. The van der Waals surface area contributed by atoms with E-state index < -0.39 is 0 Å². The van der Waals surface area contributed by atoms with E-state index in [1.165, 1.54) is 31.2 Å². The molecule has 2 saturated heterocycles. The van der Waals surface area contributed by atoms with Crippen molar-refractivity contribution in [3.63, 3.8) is 0 Å². The molecule has 2 aliphatic rings. The van der Waals surface area contributed by atoms with Gasteiger partial charge in [0, 0.05) is 49.0 Å². The van der Waals surface area contributed by atoms with E-state index in [2.05, 4.69) is 38.8 Å². The van der Waals surface area contributed by atoms with Crippen LogP contribution >= 0.6 is 0 Å². The number of para-hydroxylation sites is 1. The molecule has 36 heavy (non-hydrogen) atoms. The number of hydrogen-bond donors (Lipinski definition) is 1. The lowest BCUT2D eigenvalue weighted by Crippen LogP contribution is -2.45. The van der Waals surface area contributed by atoms with E-state index in [4.69, 9.17) is 0 Å². The number of carbonyl (C=O) groups excluding carboxylic acids is 1. The lowest BCUT2D eigenvalue weighted by atomic mass is 9.96. The SMILES string of the molecule is CCc1nnc(C)n1C1C[C@H]2CC[C@@H](C1)N2CCCN(C(=O)Nc1ccc(C)cc1)c1ccccc1. The molecule has 5 rings (SSSR count). The average molecular weight is 487 g/mol. The Bertz CT molecular complexity index is 1140. The van der Waals surface area contributed by atoms with Gasteiger partial charge < -0.3 is 9.88 Å². The van der Waals surface area contributed by atoms with Crippen molar-refractivity contribution in [2.45, 2.75) is 77.4 Å². The highest BCUT2D eigenvalue weighted by Crippen LogP contribution is 2.41. The molecule has 0 spiro atoms. The van der Waals surface area contributed by atoms with Gasteiger partial charge >= 0.3 is 6.03 Å². The third-order valence-electron chi connectivity index (χ3n) is 7.89. The van der Waals surface area contributed by atoms with Crippen LogP contribution in [0, 0.1) is 13.8 Å². The molecule has 3 atom stereocenters. The van der Waals surface area contributed by atoms with Crippen LogP contribution in [0.15, 0.2) is 54.6 Å². The predicted molar refractivity (Wildman–Crippen MR) is 145 cm³/mol. The topological polar surface area (TPSA) is 66.3 Å². The van der Waals surface area contributed by atoms with Crippen molar-refractivity contribution in [1.82, 2.24) is 19.7 Å². The molecular formula is C29H38N6O. The van der Waals surface area contributed by atoms with Gasteiger partial charge in [0.05, 0.1) is 0 Å². The highest BCUT2D eigenvalue weighted by molar-refractivity contribution is 6.01. The number of piperidine rings is 1. The molecule has 190 valence electrons. The Kier molecular flexibility index (Phi) is 7.37. The van der Waals surface area contributed by atoms with Gasteiger partial charge in [-0.25, -0.2) is 4.79 Å². The Labute approximate surface area is 214 Å². The van der Waals surface area contributed by atoms with Gasteiger partial charge in [0.1, 0.15) is 11.6 Å². The summed E-state index contributed by atoms with van der Waals surface area (Å²) in [5, 5.41) is 11.8. The minimum Gasteiger partial charge on any atom is -0.312 e. The second-order valence-corrected chi connectivity index (χ2v) is 10.3. The smallest absolute Gasteiger partial charge is 0.312 e. The predicted octanol–water partition coefficient (Wildman–Crippen LogP) is 5.75. The lowest BCUT2D eigenvalue weighted by molar-refractivity contribution is 0.104. The van der Waals surface area contributed by atoms with Crippen LogP contribution in [-0.4, -0.2) is 50.9 Å². The van der Waals surface area contributed by atoms with E-state index in [0.717, 1.165) is 42.4 Å². The number of hydrogen-bond acceptors (Lipinski definition) is 4. The quantitative estimate of drug-likeness (QED) is 0.440. The van der Waals surface area contributed by atoms with Gasteiger partial charge in [-0.3, -0.25) is 9.80 Å². The Morgan fingerprint density at radius 3 is 2.33 bits per heavy atom. The number of carbonyl (C=O) groups is 1. The molecule has 3 heterocycles. The molecule has 2 aromatic carbocycles. The molecule has 2 fully saturated rings. The molecule has 7 nitrogen and oxygen atoms in total. The van der Waals surface area contributed by atoms with Crippen molar-refractivity contribution in [2.75, 3.05) is 23.3 Å². The highest BCUT2D eigenvalue weighted by Gasteiger charge is 2.41. The van der Waals surface area contributed by atoms with Crippen LogP contribution in [0.1, 0.15) is 62.3 Å². The molecule has 2 aliphatic heterocycles. The maximum atomic E-state index is 13.3. The molecule has 1 aromatic heterocycles. The highest BCUT2D eigenvalue weighted by atomic mass is 16.2. The first-order chi connectivity index (χ1) is 17.5. The molecule has 0 aliphatic carbocycles. The number of aromatic nitrogens is 3. The minimum atomic E-state index is -0.0816. The number of nitrogens with one attached hydrogen (secondary N) is 1. The van der Waals surface area contributed by atoms with E-state index in [1.54, 1.807) is 0 Å². The van der Waals surface area contributed by atoms with Gasteiger partial charge in [-0.2, -0.15) is 0 Å². The van der Waals surface area contributed by atoms with Crippen molar-refractivity contribution in [3.8, 4) is 0 Å². The third kappa shape index (κ3) is 5.16. The second kappa shape index (κ2) is 10.8. The van der Waals surface area contributed by atoms with Crippen LogP contribution in [0.2, 0.25) is 0 Å². The molecular weight excluding hydrogens is 448 g/mol. The minimum absolute atomic E-state index is 0.0816. The normalized spacial score (nSPS) is 21.5. The Hall–Kier alpha value is -3.19. The molecule has 2 amide bonds. The summed E-state index contributed by atoms with van der Waals surface area (Å²) in [6.07, 6.45) is 6.73. The Balaban J connectivity index is 1.22. The van der Waals surface area contributed by atoms with Crippen LogP contribution in [0.3, 0.4) is 0 Å². The fourth-order valence-corrected chi connectivity index (χ4v) is 6.15. The summed E-state index contributed by atoms with van der Waals surface area (Å²) in [4.78, 5) is 17.9. The number of aryl methyl sites for hydroxylation is 3. The van der Waals surface area contributed by atoms with Gasteiger partial charge in [-0.15, -0.1) is 10.2 Å². The third-order valence-corrected chi connectivity index (χ3v) is 7.89. The van der Waals surface area contributed by atoms with Crippen LogP contribution in [-0.2, 0) is 6.42 Å². The second-order valence-electron chi connectivity index (χ2n) is 10.3. The standard InChI is InChI=1S/C29H38N6O/c1-4-28-32-31-22(3)35(28)27-19-25-15-16-26(20-27)33(25)17-8-18-34(24-9-6-5-7-10-24)29(36)30-23-13-11-21(2)12-14-23/h5-7,9-14,25-27H,4,8,15-20H2,1-3H3,(H,30,36)/t25-,26+,27?. The van der Waals surface area contributed by atoms with Gasteiger partial charge in [-0.1, -0.05) is 42.8 Å². The number of benzene rings is 2. The van der Waals surface area contributed by atoms with Gasteiger partial charge in [0.2, 0.25) is 0 Å². The number of amides is 2. The summed E-state index contributed by atoms with van der Waals surface area (Å²) < 4.78 is 2.40. The zero-order valence-corrected chi connectivity index (χ0v) is 21.7. The van der Waals surface area contributed by atoms with Crippen molar-refractivity contribution >= 4 is 17.4 Å². The van der Waals surface area contributed by atoms with Crippen LogP contribution in [0.5, 0.6) is 0 Å². The molecule has 0 saturated carbocycles. The van der Waals surface area contributed by atoms with Gasteiger partial charge in [0.15, 0.2) is 0 Å². The summed E-state index contributed by atoms with van der Waals surface area (Å²) in [7, 11) is 0. The van der Waals surface area contributed by atoms with Crippen molar-refractivity contribution < 1.29 is 4.79 Å². The molecule has 1 unspecified atom stereocenters. The summed E-state index contributed by atoms with van der Waals surface area (Å²) in [5.74, 6) is 2.16. The van der Waals surface area contributed by atoms with E-state index >= 15 is 0 Å². The lowest BCUT2D eigenvalue weighted by Gasteiger charge is -2.40. The first-order valence-corrected chi connectivity index (χ1v) is 13.4. The number of rotatable bonds is 8. The molecule has 7 heteroatoms. The summed E-state index contributed by atoms with van der Waals surface area (Å²) in [6.45, 7) is 8.00. The first-order valence-electron chi connectivity index (χ1n) is 13.4. The van der Waals surface area contributed by atoms with E-state index in [0.29, 0.717) is 24.7 Å². The zero-order chi connectivity index (χ0) is 25.1. The van der Waals surface area contributed by atoms with Crippen LogP contribution in [0.4, 0.5) is 16.2 Å². The number of urea groups is 1. The summed E-state index contributed by atoms with van der Waals surface area (Å²) in [5.41, 5.74) is 2.93.